The Bertz CT molecular complexity index is 1180. The molecule has 30 heavy (non-hydrogen) atoms. The van der Waals surface area contributed by atoms with Crippen LogP contribution in [0.2, 0.25) is 0 Å². The summed E-state index contributed by atoms with van der Waals surface area (Å²) in [6.45, 7) is 1.38. The number of fused-ring (bicyclic) bond motifs is 5. The molecule has 3 aromatic rings. The van der Waals surface area contributed by atoms with Crippen molar-refractivity contribution in [1.82, 2.24) is 9.47 Å². The minimum atomic E-state index is -0.122. The highest BCUT2D eigenvalue weighted by Crippen LogP contribution is 2.41. The third-order valence-electron chi connectivity index (χ3n) is 5.42. The molecule has 1 heterocycles. The molecule has 0 unspecified atom stereocenters. The summed E-state index contributed by atoms with van der Waals surface area (Å²) in [4.78, 5) is 28.9. The van der Waals surface area contributed by atoms with Crippen LogP contribution in [0.25, 0.3) is 22.0 Å². The number of ketones is 1. The number of hydrogen-bond acceptors (Lipinski definition) is 5. The second-order valence-corrected chi connectivity index (χ2v) is 7.46. The van der Waals surface area contributed by atoms with Crippen LogP contribution in [0.5, 0.6) is 11.5 Å². The average Bonchev–Trinajstić information content (AvgIpc) is 3.02. The number of carbonyl (C=O) groups excluding carboxylic acids is 1. The monoisotopic (exact) mass is 428 g/mol. The number of benzene rings is 2. The van der Waals surface area contributed by atoms with Crippen molar-refractivity contribution in [2.24, 2.45) is 0 Å². The molecule has 158 valence electrons. The molecule has 0 radical (unpaired) electrons. The Labute approximate surface area is 181 Å². The van der Waals surface area contributed by atoms with Gasteiger partial charge in [0.15, 0.2) is 17.3 Å². The zero-order valence-electron chi connectivity index (χ0n) is 17.5. The molecule has 1 aliphatic rings. The predicted molar refractivity (Wildman–Crippen MR) is 121 cm³/mol. The Balaban J connectivity index is 0.00000256. The molecule has 4 rings (SSSR count). The van der Waals surface area contributed by atoms with E-state index in [1.165, 1.54) is 7.11 Å². The highest BCUT2D eigenvalue weighted by Gasteiger charge is 2.32. The largest absolute Gasteiger partial charge is 0.493 e. The van der Waals surface area contributed by atoms with Crippen LogP contribution in [-0.4, -0.2) is 50.1 Å². The molecule has 0 amide bonds. The molecule has 0 bridgehead atoms. The van der Waals surface area contributed by atoms with Gasteiger partial charge < -0.3 is 18.9 Å². The summed E-state index contributed by atoms with van der Waals surface area (Å²) < 4.78 is 12.6. The fourth-order valence-electron chi connectivity index (χ4n) is 4.06. The number of hydrogen-bond donors (Lipinski definition) is 0. The van der Waals surface area contributed by atoms with E-state index >= 15 is 0 Å². The lowest BCUT2D eigenvalue weighted by Crippen LogP contribution is -2.25. The molecular weight excluding hydrogens is 404 g/mol. The minimum Gasteiger partial charge on any atom is -0.493 e. The molecule has 0 aliphatic heterocycles. The Morgan fingerprint density at radius 3 is 2.13 bits per heavy atom. The number of ether oxygens (including phenoxy) is 2. The van der Waals surface area contributed by atoms with Crippen molar-refractivity contribution in [2.45, 2.75) is 13.0 Å². The number of aromatic nitrogens is 1. The minimum absolute atomic E-state index is 0. The molecule has 0 N–H and O–H groups in total. The van der Waals surface area contributed by atoms with Crippen LogP contribution in [0.15, 0.2) is 41.2 Å². The first kappa shape index (κ1) is 21.9. The molecular formula is C23H25ClN2O4. The topological polar surface area (TPSA) is 60.8 Å². The fourth-order valence-corrected chi connectivity index (χ4v) is 4.06. The number of nitrogens with zero attached hydrogens (tertiary/aromatic N) is 2. The summed E-state index contributed by atoms with van der Waals surface area (Å²) in [6.07, 6.45) is 0.800. The van der Waals surface area contributed by atoms with Crippen molar-refractivity contribution >= 4 is 29.0 Å². The third-order valence-corrected chi connectivity index (χ3v) is 5.42. The van der Waals surface area contributed by atoms with Gasteiger partial charge in [-0.1, -0.05) is 24.3 Å². The van der Waals surface area contributed by atoms with Gasteiger partial charge in [-0.15, -0.1) is 12.4 Å². The molecule has 0 saturated heterocycles. The van der Waals surface area contributed by atoms with Crippen molar-refractivity contribution in [1.29, 1.82) is 0 Å². The van der Waals surface area contributed by atoms with Gasteiger partial charge in [0.2, 0.25) is 0 Å². The first-order valence-electron chi connectivity index (χ1n) is 9.59. The maximum absolute atomic E-state index is 13.5. The van der Waals surface area contributed by atoms with E-state index in [1.807, 2.05) is 38.4 Å². The molecule has 1 aliphatic carbocycles. The van der Waals surface area contributed by atoms with Gasteiger partial charge >= 0.3 is 0 Å². The molecule has 6 nitrogen and oxygen atoms in total. The summed E-state index contributed by atoms with van der Waals surface area (Å²) in [6, 6.07) is 10.9. The first-order chi connectivity index (χ1) is 14.0. The molecule has 7 heteroatoms. The predicted octanol–water partition coefficient (Wildman–Crippen LogP) is 3.60. The van der Waals surface area contributed by atoms with Crippen molar-refractivity contribution < 1.29 is 14.3 Å². The second-order valence-electron chi connectivity index (χ2n) is 7.46. The quantitative estimate of drug-likeness (QED) is 0.469. The SMILES string of the molecule is COc1cc2c3c(n(CCCN(C)C)c(=O)c2cc1OC)-c1ccccc1C3=O.Cl. The van der Waals surface area contributed by atoms with E-state index in [-0.39, 0.29) is 23.7 Å². The molecule has 2 aromatic carbocycles. The van der Waals surface area contributed by atoms with Crippen LogP contribution >= 0.6 is 12.4 Å². The van der Waals surface area contributed by atoms with Crippen LogP contribution in [0, 0.1) is 0 Å². The van der Waals surface area contributed by atoms with Crippen LogP contribution in [0.3, 0.4) is 0 Å². The van der Waals surface area contributed by atoms with Crippen molar-refractivity contribution in [3.05, 3.63) is 57.9 Å². The van der Waals surface area contributed by atoms with Crippen LogP contribution in [0.4, 0.5) is 0 Å². The fraction of sp³-hybridized carbons (Fsp3) is 0.304. The molecule has 0 saturated carbocycles. The molecule has 0 fully saturated rings. The summed E-state index contributed by atoms with van der Waals surface area (Å²) in [5.74, 6) is 0.907. The van der Waals surface area contributed by atoms with Crippen molar-refractivity contribution in [3.63, 3.8) is 0 Å². The van der Waals surface area contributed by atoms with Gasteiger partial charge in [0.25, 0.3) is 5.56 Å². The van der Waals surface area contributed by atoms with Crippen LogP contribution < -0.4 is 15.0 Å². The lowest BCUT2D eigenvalue weighted by atomic mass is 10.0. The third kappa shape index (κ3) is 3.36. The van der Waals surface area contributed by atoms with Gasteiger partial charge in [0.05, 0.1) is 30.9 Å². The first-order valence-corrected chi connectivity index (χ1v) is 9.59. The zero-order valence-corrected chi connectivity index (χ0v) is 18.3. The summed E-state index contributed by atoms with van der Waals surface area (Å²) >= 11 is 0. The Morgan fingerprint density at radius 1 is 0.933 bits per heavy atom. The summed E-state index contributed by atoms with van der Waals surface area (Å²) in [5.41, 5.74) is 2.58. The Hall–Kier alpha value is -2.83. The van der Waals surface area contributed by atoms with E-state index in [0.717, 1.165) is 18.5 Å². The normalized spacial score (nSPS) is 12.0. The van der Waals surface area contributed by atoms with Gasteiger partial charge in [-0.05, 0) is 39.2 Å². The maximum Gasteiger partial charge on any atom is 0.259 e. The second kappa shape index (κ2) is 8.50. The molecule has 0 spiro atoms. The Kier molecular flexibility index (Phi) is 6.19. The van der Waals surface area contributed by atoms with Crippen molar-refractivity contribution in [3.8, 4) is 22.8 Å². The van der Waals surface area contributed by atoms with E-state index in [4.69, 9.17) is 9.47 Å². The highest BCUT2D eigenvalue weighted by atomic mass is 35.5. The number of rotatable bonds is 6. The average molecular weight is 429 g/mol. The lowest BCUT2D eigenvalue weighted by molar-refractivity contribution is 0.104. The number of halogens is 1. The number of carbonyl (C=O) groups is 1. The van der Waals surface area contributed by atoms with Crippen molar-refractivity contribution in [2.75, 3.05) is 34.9 Å². The van der Waals surface area contributed by atoms with E-state index in [2.05, 4.69) is 4.90 Å². The summed E-state index contributed by atoms with van der Waals surface area (Å²) in [5, 5.41) is 1.07. The zero-order chi connectivity index (χ0) is 20.7. The molecule has 0 atom stereocenters. The Morgan fingerprint density at radius 2 is 1.53 bits per heavy atom. The number of pyridine rings is 1. The summed E-state index contributed by atoms with van der Waals surface area (Å²) in [7, 11) is 7.09. The van der Waals surface area contributed by atoms with Gasteiger partial charge in [-0.25, -0.2) is 0 Å². The van der Waals surface area contributed by atoms with E-state index < -0.39 is 0 Å². The smallest absolute Gasteiger partial charge is 0.259 e. The van der Waals surface area contributed by atoms with Gasteiger partial charge in [0, 0.05) is 23.1 Å². The lowest BCUT2D eigenvalue weighted by Gasteiger charge is -2.17. The van der Waals surface area contributed by atoms with Crippen LogP contribution in [0.1, 0.15) is 22.3 Å². The number of methoxy groups -OCH3 is 2. The van der Waals surface area contributed by atoms with E-state index in [9.17, 15) is 9.59 Å². The standard InChI is InChI=1S/C23H24N2O4.ClH/c1-24(2)10-7-11-25-21-14-8-5-6-9-15(14)22(26)20(21)16-12-18(28-3)19(29-4)13-17(16)23(25)27;/h5-6,8-9,12-13H,7,10-11H2,1-4H3;1H. The van der Waals surface area contributed by atoms with E-state index in [1.54, 1.807) is 23.8 Å². The molecule has 1 aromatic heterocycles. The maximum atomic E-state index is 13.5. The highest BCUT2D eigenvalue weighted by molar-refractivity contribution is 6.26. The van der Waals surface area contributed by atoms with Gasteiger partial charge in [0.1, 0.15) is 0 Å². The van der Waals surface area contributed by atoms with E-state index in [0.29, 0.717) is 45.6 Å². The van der Waals surface area contributed by atoms with Crippen LogP contribution in [-0.2, 0) is 6.54 Å². The van der Waals surface area contributed by atoms with Gasteiger partial charge in [-0.2, -0.15) is 0 Å². The van der Waals surface area contributed by atoms with Gasteiger partial charge in [-0.3, -0.25) is 9.59 Å².